The Kier molecular flexibility index (Phi) is 5.87. The van der Waals surface area contributed by atoms with E-state index in [1.54, 1.807) is 12.1 Å². The number of aromatic nitrogens is 3. The van der Waals surface area contributed by atoms with Crippen molar-refractivity contribution in [3.05, 3.63) is 59.4 Å². The third-order valence-corrected chi connectivity index (χ3v) is 6.93. The number of fused-ring (bicyclic) bond motifs is 3. The number of morpholine rings is 1. The first-order valence-corrected chi connectivity index (χ1v) is 11.9. The molecular weight excluding hydrogens is 482 g/mol. The molecule has 1 saturated heterocycles. The Morgan fingerprint density at radius 3 is 2.73 bits per heavy atom. The summed E-state index contributed by atoms with van der Waals surface area (Å²) in [5, 5.41) is 11.5. The number of nitrogens with zero attached hydrogens (tertiary/aromatic N) is 4. The molecule has 2 aliphatic rings. The van der Waals surface area contributed by atoms with E-state index < -0.39 is 28.8 Å². The predicted octanol–water partition coefficient (Wildman–Crippen LogP) is 3.87. The number of alkyl halides is 2. The number of anilines is 2. The minimum atomic E-state index is -3.15. The number of benzene rings is 1. The Labute approximate surface area is 213 Å². The summed E-state index contributed by atoms with van der Waals surface area (Å²) in [7, 11) is 0. The number of nitrogens with one attached hydrogen (secondary N) is 1. The molecule has 1 fully saturated rings. The highest BCUT2D eigenvalue weighted by Gasteiger charge is 2.55. The number of amides is 1. The van der Waals surface area contributed by atoms with E-state index in [-0.39, 0.29) is 5.56 Å². The molecule has 3 aromatic rings. The van der Waals surface area contributed by atoms with Gasteiger partial charge in [-0.2, -0.15) is 8.78 Å². The van der Waals surface area contributed by atoms with Crippen molar-refractivity contribution in [3.8, 4) is 17.1 Å². The Bertz CT molecular complexity index is 1380. The van der Waals surface area contributed by atoms with E-state index in [1.165, 1.54) is 12.3 Å². The van der Waals surface area contributed by atoms with Crippen LogP contribution in [0.15, 0.2) is 42.6 Å². The van der Waals surface area contributed by atoms with E-state index in [4.69, 9.17) is 15.2 Å². The molecule has 37 heavy (non-hydrogen) atoms. The second kappa shape index (κ2) is 8.70. The molecule has 1 amide bonds. The number of pyridine rings is 1. The lowest BCUT2D eigenvalue weighted by atomic mass is 9.87. The molecule has 0 spiro atoms. The van der Waals surface area contributed by atoms with Gasteiger partial charge in [-0.05, 0) is 56.7 Å². The molecule has 0 bridgehead atoms. The number of rotatable bonds is 4. The zero-order valence-corrected chi connectivity index (χ0v) is 21.0. The fraction of sp³-hybridized carbons (Fsp3) is 0.385. The summed E-state index contributed by atoms with van der Waals surface area (Å²) in [5.74, 6) is -3.30. The Hall–Kier alpha value is -3.70. The summed E-state index contributed by atoms with van der Waals surface area (Å²) in [4.78, 5) is 18.5. The Morgan fingerprint density at radius 2 is 1.97 bits per heavy atom. The van der Waals surface area contributed by atoms with Crippen LogP contribution in [0.1, 0.15) is 42.4 Å². The summed E-state index contributed by atoms with van der Waals surface area (Å²) in [6, 6.07) is 9.68. The molecular formula is C26H28F2N6O3. The van der Waals surface area contributed by atoms with Crippen LogP contribution in [0.5, 0.6) is 5.88 Å². The smallest absolute Gasteiger partial charge is 0.286 e. The summed E-state index contributed by atoms with van der Waals surface area (Å²) >= 11 is 0. The first-order chi connectivity index (χ1) is 17.4. The van der Waals surface area contributed by atoms with Gasteiger partial charge in [0.05, 0.1) is 18.9 Å². The number of hydrogen-bond donors (Lipinski definition) is 2. The van der Waals surface area contributed by atoms with E-state index in [1.807, 2.05) is 32.9 Å². The maximum Gasteiger partial charge on any atom is 0.286 e. The average molecular weight is 511 g/mol. The number of carbonyl (C=O) groups excluding carboxylic acids is 1. The molecule has 3 N–H and O–H groups in total. The van der Waals surface area contributed by atoms with Crippen molar-refractivity contribution in [2.75, 3.05) is 30.0 Å². The van der Waals surface area contributed by atoms with Crippen LogP contribution in [-0.4, -0.2) is 52.1 Å². The van der Waals surface area contributed by atoms with Gasteiger partial charge in [-0.15, -0.1) is 10.2 Å². The monoisotopic (exact) mass is 510 g/mol. The number of hydrogen-bond acceptors (Lipinski definition) is 8. The van der Waals surface area contributed by atoms with Crippen molar-refractivity contribution in [3.63, 3.8) is 0 Å². The SMILES string of the molecule is Cc1ccc(NC(=O)c2ccnc(C(C)(F)F)c2)cc1-c1cc2c(nn1)OC(C)(C)C1(N)COCCN21. The largest absolute Gasteiger partial charge is 0.465 e. The molecule has 1 atom stereocenters. The normalized spacial score (nSPS) is 20.5. The highest BCUT2D eigenvalue weighted by molar-refractivity contribution is 6.04. The van der Waals surface area contributed by atoms with Gasteiger partial charge in [-0.25, -0.2) is 0 Å². The summed E-state index contributed by atoms with van der Waals surface area (Å²) in [6.07, 6.45) is 1.19. The van der Waals surface area contributed by atoms with E-state index in [9.17, 15) is 13.6 Å². The second-order valence-electron chi connectivity index (χ2n) is 9.96. The highest BCUT2D eigenvalue weighted by Crippen LogP contribution is 2.45. The van der Waals surface area contributed by atoms with E-state index in [2.05, 4.69) is 25.4 Å². The fourth-order valence-corrected chi connectivity index (χ4v) is 4.58. The lowest BCUT2D eigenvalue weighted by molar-refractivity contribution is -0.0656. The minimum Gasteiger partial charge on any atom is -0.465 e. The first-order valence-electron chi connectivity index (χ1n) is 11.9. The maximum absolute atomic E-state index is 13.7. The van der Waals surface area contributed by atoms with E-state index in [0.717, 1.165) is 24.1 Å². The number of nitrogens with two attached hydrogens (primary N) is 1. The van der Waals surface area contributed by atoms with E-state index in [0.29, 0.717) is 42.7 Å². The lowest BCUT2D eigenvalue weighted by Crippen LogP contribution is -2.76. The van der Waals surface area contributed by atoms with Crippen LogP contribution in [0, 0.1) is 6.92 Å². The van der Waals surface area contributed by atoms with Gasteiger partial charge >= 0.3 is 0 Å². The van der Waals surface area contributed by atoms with Gasteiger partial charge in [0.15, 0.2) is 5.66 Å². The molecule has 0 aliphatic carbocycles. The molecule has 2 aliphatic heterocycles. The van der Waals surface area contributed by atoms with Crippen LogP contribution in [-0.2, 0) is 10.7 Å². The molecule has 9 nitrogen and oxygen atoms in total. The third-order valence-electron chi connectivity index (χ3n) is 6.93. The van der Waals surface area contributed by atoms with Crippen LogP contribution >= 0.6 is 0 Å². The van der Waals surface area contributed by atoms with Crippen molar-refractivity contribution in [2.24, 2.45) is 5.73 Å². The first kappa shape index (κ1) is 25.0. The van der Waals surface area contributed by atoms with Crippen molar-refractivity contribution in [1.82, 2.24) is 15.2 Å². The number of aryl methyl sites for hydroxylation is 1. The molecule has 1 unspecified atom stereocenters. The summed E-state index contributed by atoms with van der Waals surface area (Å²) in [6.45, 7) is 7.85. The van der Waals surface area contributed by atoms with Gasteiger partial charge in [-0.3, -0.25) is 9.78 Å². The molecule has 5 rings (SSSR count). The van der Waals surface area contributed by atoms with Gasteiger partial charge in [0.2, 0.25) is 0 Å². The zero-order valence-electron chi connectivity index (χ0n) is 21.0. The zero-order chi connectivity index (χ0) is 26.6. The van der Waals surface area contributed by atoms with Crippen molar-refractivity contribution in [1.29, 1.82) is 0 Å². The molecule has 194 valence electrons. The second-order valence-corrected chi connectivity index (χ2v) is 9.96. The maximum atomic E-state index is 13.7. The van der Waals surface area contributed by atoms with Gasteiger partial charge in [0, 0.05) is 36.5 Å². The summed E-state index contributed by atoms with van der Waals surface area (Å²) < 4.78 is 39.1. The molecule has 4 heterocycles. The summed E-state index contributed by atoms with van der Waals surface area (Å²) in [5.41, 5.74) is 8.14. The topological polar surface area (TPSA) is 115 Å². The molecule has 11 heteroatoms. The predicted molar refractivity (Wildman–Crippen MR) is 134 cm³/mol. The molecule has 0 radical (unpaired) electrons. The third kappa shape index (κ3) is 4.38. The van der Waals surface area contributed by atoms with Gasteiger partial charge in [0.1, 0.15) is 17.0 Å². The Morgan fingerprint density at radius 1 is 1.19 bits per heavy atom. The standard InChI is InChI=1S/C26H28F2N6O3/c1-15-5-6-17(31-22(35)16-7-8-30-21(11-16)25(4,27)28)12-18(15)19-13-20-23(33-32-19)37-24(2,3)26(29)14-36-10-9-34(20)26/h5-8,11-13H,9-10,14,29H2,1-4H3,(H,31,35). The van der Waals surface area contributed by atoms with Crippen LogP contribution in [0.4, 0.5) is 20.2 Å². The van der Waals surface area contributed by atoms with Crippen LogP contribution in [0.2, 0.25) is 0 Å². The van der Waals surface area contributed by atoms with Crippen LogP contribution in [0.25, 0.3) is 11.3 Å². The highest BCUT2D eigenvalue weighted by atomic mass is 19.3. The minimum absolute atomic E-state index is 0.0774. The van der Waals surface area contributed by atoms with Crippen molar-refractivity contribution in [2.45, 2.75) is 44.9 Å². The van der Waals surface area contributed by atoms with Gasteiger partial charge in [-0.1, -0.05) is 6.07 Å². The van der Waals surface area contributed by atoms with Crippen LogP contribution in [0.3, 0.4) is 0 Å². The van der Waals surface area contributed by atoms with Crippen LogP contribution < -0.4 is 20.7 Å². The number of ether oxygens (including phenoxy) is 2. The average Bonchev–Trinajstić information content (AvgIpc) is 2.85. The Balaban J connectivity index is 1.46. The number of halogens is 2. The van der Waals surface area contributed by atoms with Gasteiger partial charge < -0.3 is 25.4 Å². The quantitative estimate of drug-likeness (QED) is 0.544. The fourth-order valence-electron chi connectivity index (χ4n) is 4.58. The molecule has 1 aromatic carbocycles. The lowest BCUT2D eigenvalue weighted by Gasteiger charge is -2.56. The van der Waals surface area contributed by atoms with E-state index >= 15 is 0 Å². The van der Waals surface area contributed by atoms with Crippen molar-refractivity contribution >= 4 is 17.3 Å². The number of carbonyl (C=O) groups is 1. The van der Waals surface area contributed by atoms with Crippen molar-refractivity contribution < 1.29 is 23.0 Å². The molecule has 0 saturated carbocycles. The van der Waals surface area contributed by atoms with Gasteiger partial charge in [0.25, 0.3) is 17.7 Å². The molecule has 2 aromatic heterocycles.